The van der Waals surface area contributed by atoms with Crippen LogP contribution in [0.5, 0.6) is 0 Å². The summed E-state index contributed by atoms with van der Waals surface area (Å²) in [5.41, 5.74) is 2.44. The van der Waals surface area contributed by atoms with Gasteiger partial charge in [-0.25, -0.2) is 8.78 Å². The van der Waals surface area contributed by atoms with Crippen LogP contribution >= 0.6 is 11.6 Å². The van der Waals surface area contributed by atoms with Crippen molar-refractivity contribution in [3.05, 3.63) is 82.3 Å². The highest BCUT2D eigenvalue weighted by molar-refractivity contribution is 6.42. The van der Waals surface area contributed by atoms with Crippen LogP contribution in [0.25, 0.3) is 22.0 Å². The van der Waals surface area contributed by atoms with Crippen LogP contribution < -0.4 is 0 Å². The van der Waals surface area contributed by atoms with Gasteiger partial charge in [-0.05, 0) is 47.5 Å². The fourth-order valence-electron chi connectivity index (χ4n) is 4.38. The van der Waals surface area contributed by atoms with Crippen molar-refractivity contribution in [2.75, 3.05) is 0 Å². The van der Waals surface area contributed by atoms with Gasteiger partial charge in [0.25, 0.3) is 5.91 Å². The number of carbonyl (C=O) groups is 1. The Morgan fingerprint density at radius 1 is 1.12 bits per heavy atom. The number of hydrogen-bond donors (Lipinski definition) is 0. The number of carbonyl (C=O) groups excluding carboxylic acids is 1. The van der Waals surface area contributed by atoms with Gasteiger partial charge in [0.1, 0.15) is 27.3 Å². The van der Waals surface area contributed by atoms with E-state index in [1.165, 1.54) is 17.0 Å². The minimum Gasteiger partial charge on any atom is -0.339 e. The molecule has 0 atom stereocenters. The molecule has 1 aliphatic rings. The summed E-state index contributed by atoms with van der Waals surface area (Å²) in [6.07, 6.45) is 3.39. The predicted octanol–water partition coefficient (Wildman–Crippen LogP) is 2.60. The van der Waals surface area contributed by atoms with Crippen LogP contribution in [0, 0.1) is 11.6 Å². The second-order valence-electron chi connectivity index (χ2n) is 8.46. The second kappa shape index (κ2) is 7.17. The largest absolute Gasteiger partial charge is 0.339 e. The summed E-state index contributed by atoms with van der Waals surface area (Å²) >= 11 is 6.21. The van der Waals surface area contributed by atoms with E-state index < -0.39 is 17.0 Å². The molecule has 0 saturated carbocycles. The first-order valence-corrected chi connectivity index (χ1v) is 10.4. The molecule has 3 heterocycles. The van der Waals surface area contributed by atoms with Crippen LogP contribution in [0.1, 0.15) is 21.6 Å². The lowest BCUT2D eigenvalue weighted by Gasteiger charge is -2.32. The van der Waals surface area contributed by atoms with Crippen LogP contribution in [0.2, 0.25) is 5.02 Å². The van der Waals surface area contributed by atoms with Crippen LogP contribution in [-0.2, 0) is 18.9 Å². The summed E-state index contributed by atoms with van der Waals surface area (Å²) in [5.74, 6) is -1.76. The van der Waals surface area contributed by atoms with Crippen molar-refractivity contribution in [1.29, 1.82) is 0 Å². The van der Waals surface area contributed by atoms with Gasteiger partial charge in [-0.15, -0.1) is 0 Å². The molecule has 32 heavy (non-hydrogen) atoms. The van der Waals surface area contributed by atoms with E-state index in [4.69, 9.17) is 11.6 Å². The van der Waals surface area contributed by atoms with Crippen LogP contribution in [-0.4, -0.2) is 41.3 Å². The Kier molecular flexibility index (Phi) is 4.64. The molecule has 5 rings (SSSR count). The summed E-state index contributed by atoms with van der Waals surface area (Å²) in [4.78, 5) is 18.7. The quantitative estimate of drug-likeness (QED) is 0.453. The molecule has 1 aliphatic heterocycles. The highest BCUT2D eigenvalue weighted by Gasteiger charge is 2.44. The smallest absolute Gasteiger partial charge is 0.255 e. The third-order valence-electron chi connectivity index (χ3n) is 6.01. The van der Waals surface area contributed by atoms with Crippen molar-refractivity contribution in [1.82, 2.24) is 19.7 Å². The molecular weight excluding hydrogens is 431 g/mol. The molecule has 0 unspecified atom stereocenters. The first-order valence-electron chi connectivity index (χ1n) is 10.1. The molecule has 0 fully saturated rings. The fraction of sp³-hybridized carbons (Fsp3) is 0.136. The Balaban J connectivity index is 1.56. The third kappa shape index (κ3) is 3.11. The van der Waals surface area contributed by atoms with Gasteiger partial charge in [-0.1, -0.05) is 11.6 Å². The third-order valence-corrected chi connectivity index (χ3v) is 6.23. The van der Waals surface area contributed by atoms with Crippen molar-refractivity contribution in [3.63, 3.8) is 0 Å². The first-order chi connectivity index (χ1) is 15.2. The number of rotatable bonds is 3. The monoisotopic (exact) mass is 448 g/mol. The number of halogens is 3. The first kappa shape index (κ1) is 20.7. The predicted molar refractivity (Wildman–Crippen MR) is 124 cm³/mol. The number of benzene rings is 2. The number of nitrogens with zero attached hydrogens (tertiary/aromatic N) is 4. The lowest BCUT2D eigenvalue weighted by atomic mass is 9.59. The minimum atomic E-state index is -0.792. The molecule has 2 aromatic carbocycles. The summed E-state index contributed by atoms with van der Waals surface area (Å²) in [5, 5.41) is 4.70. The second-order valence-corrected chi connectivity index (χ2v) is 8.89. The standard InChI is InChI=1S/C22H17B2ClF2N4O/c1-30-9-15-14(7-12(25)8-19(15)29-30)11-5-17(26)16(18(27)6-11)10-31-21(32)13-3-2-4-28-20(13)22(31,23)24/h2-9H,10,23-24H2,1H3. The van der Waals surface area contributed by atoms with Gasteiger partial charge >= 0.3 is 0 Å². The highest BCUT2D eigenvalue weighted by Crippen LogP contribution is 2.37. The Morgan fingerprint density at radius 3 is 2.53 bits per heavy atom. The zero-order valence-electron chi connectivity index (χ0n) is 17.7. The molecule has 1 amide bonds. The summed E-state index contributed by atoms with van der Waals surface area (Å²) in [7, 11) is 5.40. The Hall–Kier alpha value is -3.19. The Morgan fingerprint density at radius 2 is 1.84 bits per heavy atom. The molecule has 5 nitrogen and oxygen atoms in total. The molecular formula is C22H17B2ClF2N4O. The molecule has 0 aliphatic carbocycles. The van der Waals surface area contributed by atoms with Crippen molar-refractivity contribution in [2.45, 2.75) is 11.9 Å². The van der Waals surface area contributed by atoms with Gasteiger partial charge in [-0.2, -0.15) is 5.10 Å². The Bertz CT molecular complexity index is 1400. The van der Waals surface area contributed by atoms with Gasteiger partial charge in [0.05, 0.1) is 23.3 Å². The van der Waals surface area contributed by atoms with Crippen molar-refractivity contribution >= 4 is 44.1 Å². The Labute approximate surface area is 189 Å². The minimum absolute atomic E-state index is 0.174. The van der Waals surface area contributed by atoms with Crippen LogP contribution in [0.3, 0.4) is 0 Å². The average Bonchev–Trinajstić information content (AvgIpc) is 3.19. The van der Waals surface area contributed by atoms with E-state index >= 15 is 8.78 Å². The normalized spacial score (nSPS) is 14.9. The summed E-state index contributed by atoms with van der Waals surface area (Å²) in [6, 6.07) is 9.27. The number of aryl methyl sites for hydroxylation is 1. The maximum absolute atomic E-state index is 15.2. The maximum atomic E-state index is 15.2. The van der Waals surface area contributed by atoms with Gasteiger partial charge in [0.15, 0.2) is 0 Å². The van der Waals surface area contributed by atoms with E-state index in [9.17, 15) is 4.79 Å². The van der Waals surface area contributed by atoms with E-state index in [2.05, 4.69) is 10.1 Å². The molecule has 10 heteroatoms. The van der Waals surface area contributed by atoms with Gasteiger partial charge < -0.3 is 4.90 Å². The van der Waals surface area contributed by atoms with Crippen molar-refractivity contribution < 1.29 is 13.6 Å². The topological polar surface area (TPSA) is 51.0 Å². The summed E-state index contributed by atoms with van der Waals surface area (Å²) < 4.78 is 32.1. The van der Waals surface area contributed by atoms with Gasteiger partial charge in [0.2, 0.25) is 0 Å². The molecule has 0 bridgehead atoms. The number of fused-ring (bicyclic) bond motifs is 2. The zero-order chi connectivity index (χ0) is 22.8. The van der Waals surface area contributed by atoms with E-state index in [-0.39, 0.29) is 18.0 Å². The van der Waals surface area contributed by atoms with Crippen molar-refractivity contribution in [2.24, 2.45) is 7.05 Å². The fourth-order valence-corrected chi connectivity index (χ4v) is 4.59. The van der Waals surface area contributed by atoms with E-state index in [0.717, 1.165) is 5.39 Å². The molecule has 158 valence electrons. The number of pyridine rings is 1. The van der Waals surface area contributed by atoms with Gasteiger partial charge in [-0.3, -0.25) is 14.5 Å². The number of aromatic nitrogens is 3. The molecule has 2 aromatic heterocycles. The molecule has 4 aromatic rings. The van der Waals surface area contributed by atoms with E-state index in [1.54, 1.807) is 48.4 Å². The molecule has 0 radical (unpaired) electrons. The maximum Gasteiger partial charge on any atom is 0.255 e. The lowest BCUT2D eigenvalue weighted by molar-refractivity contribution is 0.0727. The van der Waals surface area contributed by atoms with Crippen LogP contribution in [0.15, 0.2) is 48.8 Å². The van der Waals surface area contributed by atoms with E-state index in [0.29, 0.717) is 32.9 Å². The van der Waals surface area contributed by atoms with Crippen molar-refractivity contribution in [3.8, 4) is 11.1 Å². The summed E-state index contributed by atoms with van der Waals surface area (Å²) in [6.45, 7) is -0.210. The molecule has 0 spiro atoms. The zero-order valence-corrected chi connectivity index (χ0v) is 18.4. The molecule has 0 N–H and O–H groups in total. The SMILES string of the molecule is BC1(B)c2ncccc2C(=O)N1Cc1c(F)cc(-c2cc(Cl)cc3nn(C)cc23)cc1F. The van der Waals surface area contributed by atoms with Crippen LogP contribution in [0.4, 0.5) is 8.78 Å². The average molecular weight is 448 g/mol. The number of amides is 1. The lowest BCUT2D eigenvalue weighted by Crippen LogP contribution is -2.45. The number of hydrogen-bond acceptors (Lipinski definition) is 3. The highest BCUT2D eigenvalue weighted by atomic mass is 35.5. The molecule has 0 saturated heterocycles. The van der Waals surface area contributed by atoms with E-state index in [1.807, 2.05) is 15.7 Å². The van der Waals surface area contributed by atoms with Gasteiger partial charge in [0, 0.05) is 40.8 Å².